The number of rotatable bonds is 6. The molecule has 1 saturated heterocycles. The summed E-state index contributed by atoms with van der Waals surface area (Å²) in [7, 11) is -3.68. The highest BCUT2D eigenvalue weighted by Crippen LogP contribution is 2.24. The molecule has 1 aromatic carbocycles. The van der Waals surface area contributed by atoms with Gasteiger partial charge < -0.3 is 10.1 Å². The molecule has 8 nitrogen and oxygen atoms in total. The number of nitrogens with one attached hydrogen (secondary N) is 1. The Morgan fingerprint density at radius 1 is 1.20 bits per heavy atom. The maximum Gasteiger partial charge on any atom is 0.338 e. The first-order valence-corrected chi connectivity index (χ1v) is 11.3. The molecule has 1 aliphatic rings. The second-order valence-corrected chi connectivity index (χ2v) is 9.44. The Morgan fingerprint density at radius 2 is 1.90 bits per heavy atom. The van der Waals surface area contributed by atoms with Crippen LogP contribution >= 0.6 is 23.2 Å². The Balaban J connectivity index is 1.68. The Morgan fingerprint density at radius 3 is 2.57 bits per heavy atom. The van der Waals surface area contributed by atoms with Crippen molar-refractivity contribution in [2.24, 2.45) is 0 Å². The minimum absolute atomic E-state index is 0.00750. The fourth-order valence-electron chi connectivity index (χ4n) is 2.87. The van der Waals surface area contributed by atoms with Crippen molar-refractivity contribution >= 4 is 50.9 Å². The van der Waals surface area contributed by atoms with Crippen molar-refractivity contribution < 1.29 is 22.7 Å². The molecule has 1 aromatic heterocycles. The van der Waals surface area contributed by atoms with Crippen LogP contribution in [0.3, 0.4) is 0 Å². The summed E-state index contributed by atoms with van der Waals surface area (Å²) in [4.78, 5) is 28.7. The lowest BCUT2D eigenvalue weighted by Gasteiger charge is -2.16. The van der Waals surface area contributed by atoms with E-state index in [2.05, 4.69) is 10.3 Å². The Hall–Kier alpha value is -2.20. The van der Waals surface area contributed by atoms with Crippen LogP contribution in [0.5, 0.6) is 0 Å². The van der Waals surface area contributed by atoms with Gasteiger partial charge in [0.2, 0.25) is 10.0 Å². The van der Waals surface area contributed by atoms with Crippen LogP contribution < -0.4 is 5.32 Å². The molecule has 160 valence electrons. The molecular weight excluding hydrogens is 453 g/mol. The van der Waals surface area contributed by atoms with Gasteiger partial charge in [0.1, 0.15) is 0 Å². The molecule has 0 radical (unpaired) electrons. The number of hydrogen-bond donors (Lipinski definition) is 1. The Bertz CT molecular complexity index is 1070. The second kappa shape index (κ2) is 9.30. The summed E-state index contributed by atoms with van der Waals surface area (Å²) >= 11 is 11.7. The fraction of sp³-hybridized carbons (Fsp3) is 0.316. The number of hydrogen-bond acceptors (Lipinski definition) is 6. The quantitative estimate of drug-likeness (QED) is 0.647. The van der Waals surface area contributed by atoms with Gasteiger partial charge in [-0.2, -0.15) is 4.31 Å². The average molecular weight is 472 g/mol. The van der Waals surface area contributed by atoms with Crippen LogP contribution in [-0.2, 0) is 19.6 Å². The summed E-state index contributed by atoms with van der Waals surface area (Å²) in [6.07, 6.45) is 1.75. The van der Waals surface area contributed by atoms with E-state index < -0.39 is 28.0 Å². The molecule has 1 N–H and O–H groups in total. The van der Waals surface area contributed by atoms with Crippen molar-refractivity contribution in [1.82, 2.24) is 9.29 Å². The minimum atomic E-state index is -3.68. The number of benzene rings is 1. The molecule has 1 amide bonds. The minimum Gasteiger partial charge on any atom is -0.449 e. The van der Waals surface area contributed by atoms with Gasteiger partial charge >= 0.3 is 5.97 Å². The summed E-state index contributed by atoms with van der Waals surface area (Å²) in [5, 5.41) is 2.89. The fourth-order valence-corrected chi connectivity index (χ4v) is 4.86. The normalized spacial score (nSPS) is 15.6. The van der Waals surface area contributed by atoms with Crippen LogP contribution in [0.2, 0.25) is 10.0 Å². The number of esters is 1. The van der Waals surface area contributed by atoms with E-state index in [1.165, 1.54) is 47.8 Å². The predicted octanol–water partition coefficient (Wildman–Crippen LogP) is 3.36. The lowest BCUT2D eigenvalue weighted by molar-refractivity contribution is -0.123. The first-order valence-electron chi connectivity index (χ1n) is 9.11. The van der Waals surface area contributed by atoms with Gasteiger partial charge in [-0.05, 0) is 44.0 Å². The smallest absolute Gasteiger partial charge is 0.338 e. The van der Waals surface area contributed by atoms with E-state index in [1.807, 2.05) is 0 Å². The van der Waals surface area contributed by atoms with Gasteiger partial charge in [-0.25, -0.2) is 18.2 Å². The second-order valence-electron chi connectivity index (χ2n) is 6.66. The summed E-state index contributed by atoms with van der Waals surface area (Å²) in [5.74, 6) is -1.40. The van der Waals surface area contributed by atoms with E-state index in [0.717, 1.165) is 12.8 Å². The number of nitrogens with zero attached hydrogens (tertiary/aromatic N) is 2. The van der Waals surface area contributed by atoms with Gasteiger partial charge in [-0.15, -0.1) is 0 Å². The molecule has 2 heterocycles. The van der Waals surface area contributed by atoms with Crippen LogP contribution in [0.1, 0.15) is 30.1 Å². The summed E-state index contributed by atoms with van der Waals surface area (Å²) < 4.78 is 31.9. The summed E-state index contributed by atoms with van der Waals surface area (Å²) in [5.41, 5.74) is 0.0255. The van der Waals surface area contributed by atoms with Gasteiger partial charge in [0.25, 0.3) is 5.91 Å². The number of carbonyl (C=O) groups is 2. The van der Waals surface area contributed by atoms with Gasteiger partial charge in [-0.1, -0.05) is 29.3 Å². The van der Waals surface area contributed by atoms with E-state index in [9.17, 15) is 18.0 Å². The van der Waals surface area contributed by atoms with Gasteiger partial charge in [0.15, 0.2) is 11.9 Å². The zero-order valence-corrected chi connectivity index (χ0v) is 18.3. The van der Waals surface area contributed by atoms with Crippen molar-refractivity contribution in [2.45, 2.75) is 30.8 Å². The van der Waals surface area contributed by atoms with Crippen LogP contribution in [0.25, 0.3) is 0 Å². The molecule has 0 spiro atoms. The molecule has 0 saturated carbocycles. The van der Waals surface area contributed by atoms with Crippen molar-refractivity contribution in [3.05, 3.63) is 52.1 Å². The topological polar surface area (TPSA) is 106 Å². The first-order chi connectivity index (χ1) is 14.2. The third kappa shape index (κ3) is 5.10. The molecule has 1 fully saturated rings. The molecule has 3 rings (SSSR count). The van der Waals surface area contributed by atoms with Crippen LogP contribution in [0.15, 0.2) is 41.4 Å². The van der Waals surface area contributed by atoms with Gasteiger partial charge in [0.05, 0.1) is 20.5 Å². The third-order valence-corrected chi connectivity index (χ3v) is 6.86. The molecule has 2 aromatic rings. The highest BCUT2D eigenvalue weighted by Gasteiger charge is 2.28. The molecule has 11 heteroatoms. The zero-order valence-electron chi connectivity index (χ0n) is 16.0. The van der Waals surface area contributed by atoms with Crippen molar-refractivity contribution in [1.29, 1.82) is 0 Å². The van der Waals surface area contributed by atoms with Gasteiger partial charge in [-0.3, -0.25) is 4.79 Å². The van der Waals surface area contributed by atoms with Crippen molar-refractivity contribution in [3.8, 4) is 0 Å². The molecule has 1 atom stereocenters. The molecule has 1 aliphatic heterocycles. The SMILES string of the molecule is C[C@H](OC(=O)c1cccc(S(=O)(=O)N2CCCC2)c1)C(=O)Nc1ncc(Cl)cc1Cl. The number of pyridine rings is 1. The van der Waals surface area contributed by atoms with E-state index >= 15 is 0 Å². The third-order valence-electron chi connectivity index (χ3n) is 4.48. The van der Waals surface area contributed by atoms with Crippen LogP contribution in [0.4, 0.5) is 5.82 Å². The van der Waals surface area contributed by atoms with E-state index in [0.29, 0.717) is 18.1 Å². The maximum atomic E-state index is 12.7. The van der Waals surface area contributed by atoms with E-state index in [1.54, 1.807) is 0 Å². The lowest BCUT2D eigenvalue weighted by atomic mass is 10.2. The Labute approximate surface area is 184 Å². The maximum absolute atomic E-state index is 12.7. The number of sulfonamides is 1. The molecule has 0 unspecified atom stereocenters. The van der Waals surface area contributed by atoms with Crippen molar-refractivity contribution in [3.63, 3.8) is 0 Å². The van der Waals surface area contributed by atoms with Gasteiger partial charge in [0, 0.05) is 19.3 Å². The highest BCUT2D eigenvalue weighted by atomic mass is 35.5. The number of aromatic nitrogens is 1. The molecule has 0 bridgehead atoms. The molecule has 0 aliphatic carbocycles. The number of amides is 1. The monoisotopic (exact) mass is 471 g/mol. The largest absolute Gasteiger partial charge is 0.449 e. The van der Waals surface area contributed by atoms with Crippen LogP contribution in [-0.4, -0.2) is 48.8 Å². The zero-order chi connectivity index (χ0) is 21.9. The van der Waals surface area contributed by atoms with E-state index in [4.69, 9.17) is 27.9 Å². The summed E-state index contributed by atoms with van der Waals surface area (Å²) in [6, 6.07) is 6.97. The predicted molar refractivity (Wildman–Crippen MR) is 112 cm³/mol. The first kappa shape index (κ1) is 22.5. The number of halogens is 2. The number of anilines is 1. The summed E-state index contributed by atoms with van der Waals surface area (Å²) in [6.45, 7) is 2.28. The Kier molecular flexibility index (Phi) is 6.97. The lowest BCUT2D eigenvalue weighted by Crippen LogP contribution is -2.30. The number of ether oxygens (including phenoxy) is 1. The van der Waals surface area contributed by atoms with Crippen molar-refractivity contribution in [2.75, 3.05) is 18.4 Å². The van der Waals surface area contributed by atoms with Crippen LogP contribution in [0, 0.1) is 0 Å². The average Bonchev–Trinajstić information content (AvgIpc) is 3.26. The molecular formula is C19H19Cl2N3O5S. The highest BCUT2D eigenvalue weighted by molar-refractivity contribution is 7.89. The number of carbonyl (C=O) groups excluding carboxylic acids is 2. The standard InChI is InChI=1S/C19H19Cl2N3O5S/c1-12(18(25)23-17-16(21)10-14(20)11-22-17)29-19(26)13-5-4-6-15(9-13)30(27,28)24-7-2-3-8-24/h4-6,9-12H,2-3,7-8H2,1H3,(H,22,23,25)/t12-/m0/s1. The molecule has 30 heavy (non-hydrogen) atoms. The van der Waals surface area contributed by atoms with E-state index in [-0.39, 0.29) is 21.3 Å².